The minimum absolute atomic E-state index is 0.477. The fourth-order valence-electron chi connectivity index (χ4n) is 2.13. The van der Waals surface area contributed by atoms with Crippen LogP contribution in [0, 0.1) is 6.92 Å². The summed E-state index contributed by atoms with van der Waals surface area (Å²) in [6.45, 7) is 6.81. The third kappa shape index (κ3) is 2.93. The first kappa shape index (κ1) is 13.6. The molecule has 0 spiro atoms. The van der Waals surface area contributed by atoms with Crippen molar-refractivity contribution in [2.75, 3.05) is 11.4 Å². The molecule has 2 rings (SSSR count). The van der Waals surface area contributed by atoms with Gasteiger partial charge >= 0.3 is 0 Å². The van der Waals surface area contributed by atoms with Crippen molar-refractivity contribution in [2.24, 2.45) is 0 Å². The van der Waals surface area contributed by atoms with E-state index in [1.165, 1.54) is 11.3 Å². The minimum atomic E-state index is -0.477. The zero-order valence-electron chi connectivity index (χ0n) is 11.7. The number of hydrogen-bond donors (Lipinski definition) is 1. The molecular weight excluding hydrogens is 236 g/mol. The number of rotatable bonds is 4. The van der Waals surface area contributed by atoms with Crippen molar-refractivity contribution in [3.8, 4) is 0 Å². The molecule has 0 fully saturated rings. The van der Waals surface area contributed by atoms with E-state index in [4.69, 9.17) is 0 Å². The first-order valence-electron chi connectivity index (χ1n) is 6.60. The summed E-state index contributed by atoms with van der Waals surface area (Å²) >= 11 is 0. The average Bonchev–Trinajstić information content (AvgIpc) is 2.42. The van der Waals surface area contributed by atoms with Gasteiger partial charge in [-0.25, -0.2) is 4.98 Å². The van der Waals surface area contributed by atoms with E-state index in [2.05, 4.69) is 35.9 Å². The van der Waals surface area contributed by atoms with Crippen LogP contribution in [-0.2, 0) is 0 Å². The molecule has 0 bridgehead atoms. The normalized spacial score (nSPS) is 12.2. The molecule has 1 heterocycles. The molecule has 1 aromatic carbocycles. The number of aryl methyl sites for hydroxylation is 1. The highest BCUT2D eigenvalue weighted by atomic mass is 16.3. The molecule has 3 heteroatoms. The summed E-state index contributed by atoms with van der Waals surface area (Å²) in [7, 11) is 0. The molecule has 3 nitrogen and oxygen atoms in total. The van der Waals surface area contributed by atoms with Gasteiger partial charge in [-0.15, -0.1) is 0 Å². The van der Waals surface area contributed by atoms with E-state index in [-0.39, 0.29) is 0 Å². The predicted octanol–water partition coefficient (Wildman–Crippen LogP) is 3.60. The van der Waals surface area contributed by atoms with Gasteiger partial charge in [0, 0.05) is 18.4 Å². The number of aromatic nitrogens is 1. The lowest BCUT2D eigenvalue weighted by Gasteiger charge is -2.24. The third-order valence-corrected chi connectivity index (χ3v) is 3.25. The molecule has 0 unspecified atom stereocenters. The topological polar surface area (TPSA) is 36.4 Å². The molecule has 0 saturated carbocycles. The summed E-state index contributed by atoms with van der Waals surface area (Å²) < 4.78 is 0. The van der Waals surface area contributed by atoms with E-state index in [0.29, 0.717) is 0 Å². The van der Waals surface area contributed by atoms with Gasteiger partial charge in [0.15, 0.2) is 0 Å². The Bertz CT molecular complexity index is 535. The van der Waals surface area contributed by atoms with Gasteiger partial charge in [0.05, 0.1) is 6.10 Å². The smallest absolute Gasteiger partial charge is 0.132 e. The van der Waals surface area contributed by atoms with Crippen LogP contribution in [-0.4, -0.2) is 16.6 Å². The van der Waals surface area contributed by atoms with Gasteiger partial charge in [-0.2, -0.15) is 0 Å². The second-order valence-electron chi connectivity index (χ2n) is 4.66. The largest absolute Gasteiger partial charge is 0.389 e. The Morgan fingerprint density at radius 1 is 1.21 bits per heavy atom. The van der Waals surface area contributed by atoms with Crippen LogP contribution >= 0.6 is 0 Å². The van der Waals surface area contributed by atoms with Gasteiger partial charge < -0.3 is 10.0 Å². The zero-order chi connectivity index (χ0) is 13.8. The second-order valence-corrected chi connectivity index (χ2v) is 4.66. The number of aliphatic hydroxyl groups excluding tert-OH is 1. The van der Waals surface area contributed by atoms with E-state index in [1.54, 1.807) is 13.1 Å². The Morgan fingerprint density at radius 2 is 1.95 bits per heavy atom. The number of pyridine rings is 1. The summed E-state index contributed by atoms with van der Waals surface area (Å²) in [4.78, 5) is 6.62. The highest BCUT2D eigenvalue weighted by Gasteiger charge is 2.11. The second kappa shape index (κ2) is 5.85. The molecule has 0 saturated heterocycles. The molecule has 2 aromatic rings. The van der Waals surface area contributed by atoms with Crippen molar-refractivity contribution in [1.82, 2.24) is 4.98 Å². The Labute approximate surface area is 114 Å². The zero-order valence-corrected chi connectivity index (χ0v) is 11.7. The van der Waals surface area contributed by atoms with Crippen LogP contribution in [0.2, 0.25) is 0 Å². The molecule has 1 aromatic heterocycles. The quantitative estimate of drug-likeness (QED) is 0.908. The van der Waals surface area contributed by atoms with E-state index in [9.17, 15) is 5.11 Å². The fourth-order valence-corrected chi connectivity index (χ4v) is 2.13. The lowest BCUT2D eigenvalue weighted by atomic mass is 10.1. The molecule has 0 aliphatic carbocycles. The van der Waals surface area contributed by atoms with Crippen LogP contribution in [0.1, 0.15) is 31.1 Å². The molecular formula is C16H20N2O. The van der Waals surface area contributed by atoms with Crippen molar-refractivity contribution in [3.05, 3.63) is 53.7 Å². The van der Waals surface area contributed by atoms with Crippen LogP contribution in [0.25, 0.3) is 0 Å². The standard InChI is InChI=1S/C16H20N2O/c1-4-18(15-8-6-5-7-12(15)2)16-10-9-14(11-17-16)13(3)19/h5-11,13,19H,4H2,1-3H3/t13-/m0/s1. The Morgan fingerprint density at radius 3 is 2.47 bits per heavy atom. The first-order chi connectivity index (χ1) is 9.13. The molecule has 19 heavy (non-hydrogen) atoms. The van der Waals surface area contributed by atoms with E-state index in [0.717, 1.165) is 17.9 Å². The van der Waals surface area contributed by atoms with Crippen LogP contribution in [0.3, 0.4) is 0 Å². The maximum absolute atomic E-state index is 9.52. The van der Waals surface area contributed by atoms with Gasteiger partial charge in [-0.3, -0.25) is 0 Å². The number of anilines is 2. The van der Waals surface area contributed by atoms with Gasteiger partial charge in [0.1, 0.15) is 5.82 Å². The summed E-state index contributed by atoms with van der Waals surface area (Å²) in [6, 6.07) is 12.2. The summed E-state index contributed by atoms with van der Waals surface area (Å²) in [5, 5.41) is 9.52. The van der Waals surface area contributed by atoms with Gasteiger partial charge in [0.2, 0.25) is 0 Å². The Balaban J connectivity index is 2.35. The van der Waals surface area contributed by atoms with Crippen LogP contribution in [0.4, 0.5) is 11.5 Å². The van der Waals surface area contributed by atoms with Crippen LogP contribution < -0.4 is 4.90 Å². The van der Waals surface area contributed by atoms with Gasteiger partial charge in [0.25, 0.3) is 0 Å². The van der Waals surface area contributed by atoms with E-state index >= 15 is 0 Å². The molecule has 1 atom stereocenters. The number of benzene rings is 1. The van der Waals surface area contributed by atoms with Crippen LogP contribution in [0.5, 0.6) is 0 Å². The average molecular weight is 256 g/mol. The summed E-state index contributed by atoms with van der Waals surface area (Å²) in [5.74, 6) is 0.904. The molecule has 1 N–H and O–H groups in total. The molecule has 100 valence electrons. The Hall–Kier alpha value is -1.87. The molecule has 0 radical (unpaired) electrons. The van der Waals surface area contributed by atoms with Crippen molar-refractivity contribution >= 4 is 11.5 Å². The number of nitrogens with zero attached hydrogens (tertiary/aromatic N) is 2. The SMILES string of the molecule is CCN(c1ccc([C@H](C)O)cn1)c1ccccc1C. The highest BCUT2D eigenvalue weighted by Crippen LogP contribution is 2.27. The predicted molar refractivity (Wildman–Crippen MR) is 78.7 cm³/mol. The summed E-state index contributed by atoms with van der Waals surface area (Å²) in [6.07, 6.45) is 1.26. The van der Waals surface area contributed by atoms with Gasteiger partial charge in [-0.05, 0) is 44.0 Å². The highest BCUT2D eigenvalue weighted by molar-refractivity contribution is 5.63. The maximum Gasteiger partial charge on any atom is 0.132 e. The lowest BCUT2D eigenvalue weighted by molar-refractivity contribution is 0.199. The van der Waals surface area contributed by atoms with Crippen LogP contribution in [0.15, 0.2) is 42.6 Å². The van der Waals surface area contributed by atoms with Crippen molar-refractivity contribution in [2.45, 2.75) is 26.9 Å². The summed E-state index contributed by atoms with van der Waals surface area (Å²) in [5.41, 5.74) is 3.23. The first-order valence-corrected chi connectivity index (χ1v) is 6.60. The van der Waals surface area contributed by atoms with E-state index < -0.39 is 6.10 Å². The number of hydrogen-bond acceptors (Lipinski definition) is 3. The monoisotopic (exact) mass is 256 g/mol. The van der Waals surface area contributed by atoms with Crippen molar-refractivity contribution in [1.29, 1.82) is 0 Å². The molecule has 0 aliphatic heterocycles. The number of aliphatic hydroxyl groups is 1. The Kier molecular flexibility index (Phi) is 4.17. The van der Waals surface area contributed by atoms with E-state index in [1.807, 2.05) is 24.3 Å². The van der Waals surface area contributed by atoms with Gasteiger partial charge in [-0.1, -0.05) is 24.3 Å². The number of para-hydroxylation sites is 1. The third-order valence-electron chi connectivity index (χ3n) is 3.25. The molecule has 0 aliphatic rings. The minimum Gasteiger partial charge on any atom is -0.389 e. The van der Waals surface area contributed by atoms with Crippen molar-refractivity contribution < 1.29 is 5.11 Å². The fraction of sp³-hybridized carbons (Fsp3) is 0.312. The molecule has 0 amide bonds. The maximum atomic E-state index is 9.52. The van der Waals surface area contributed by atoms with Crippen molar-refractivity contribution in [3.63, 3.8) is 0 Å². The lowest BCUT2D eigenvalue weighted by Crippen LogP contribution is -2.18.